The summed E-state index contributed by atoms with van der Waals surface area (Å²) in [5.41, 5.74) is 0.0554. The molecule has 0 aliphatic carbocycles. The normalized spacial score (nSPS) is 13.6. The lowest BCUT2D eigenvalue weighted by atomic mass is 10.1. The standard InChI is InChI=1S/C13H20O3/c1-4-12(14)10-5-7-11(8-6-10)16-9-13(2,3)15/h5-8,12,14-15H,4,9H2,1-3H3/t12-/m0/s1. The van der Waals surface area contributed by atoms with Crippen molar-refractivity contribution in [3.05, 3.63) is 29.8 Å². The van der Waals surface area contributed by atoms with E-state index < -0.39 is 11.7 Å². The molecular weight excluding hydrogens is 204 g/mol. The van der Waals surface area contributed by atoms with Gasteiger partial charge in [0.25, 0.3) is 0 Å². The van der Waals surface area contributed by atoms with Gasteiger partial charge in [-0.05, 0) is 38.0 Å². The molecule has 0 aromatic heterocycles. The lowest BCUT2D eigenvalue weighted by Crippen LogP contribution is -2.27. The third kappa shape index (κ3) is 4.21. The Balaban J connectivity index is 2.58. The van der Waals surface area contributed by atoms with Gasteiger partial charge in [0.15, 0.2) is 0 Å². The van der Waals surface area contributed by atoms with Gasteiger partial charge in [0, 0.05) is 0 Å². The van der Waals surface area contributed by atoms with Gasteiger partial charge in [0.05, 0.1) is 11.7 Å². The maximum atomic E-state index is 9.60. The van der Waals surface area contributed by atoms with Crippen LogP contribution in [0.4, 0.5) is 0 Å². The summed E-state index contributed by atoms with van der Waals surface area (Å²) in [6, 6.07) is 7.29. The van der Waals surface area contributed by atoms with E-state index in [9.17, 15) is 10.2 Å². The maximum absolute atomic E-state index is 9.60. The van der Waals surface area contributed by atoms with Crippen LogP contribution in [0.2, 0.25) is 0 Å². The molecule has 1 aromatic carbocycles. The second-order valence-electron chi connectivity index (χ2n) is 4.59. The Kier molecular flexibility index (Phi) is 4.33. The van der Waals surface area contributed by atoms with Crippen LogP contribution in [0.25, 0.3) is 0 Å². The summed E-state index contributed by atoms with van der Waals surface area (Å²) >= 11 is 0. The Bertz CT molecular complexity index is 311. The van der Waals surface area contributed by atoms with Crippen molar-refractivity contribution in [3.63, 3.8) is 0 Å². The third-order valence-electron chi connectivity index (χ3n) is 2.24. The van der Waals surface area contributed by atoms with Crippen LogP contribution in [-0.4, -0.2) is 22.4 Å². The van der Waals surface area contributed by atoms with Crippen LogP contribution in [0.5, 0.6) is 5.75 Å². The number of aliphatic hydroxyl groups excluding tert-OH is 1. The first-order chi connectivity index (χ1) is 7.42. The summed E-state index contributed by atoms with van der Waals surface area (Å²) in [6.45, 7) is 5.58. The zero-order valence-electron chi connectivity index (χ0n) is 10.1. The molecule has 0 bridgehead atoms. The molecule has 0 amide bonds. The fourth-order valence-corrected chi connectivity index (χ4v) is 1.28. The van der Waals surface area contributed by atoms with Crippen molar-refractivity contribution in [3.8, 4) is 5.75 Å². The lowest BCUT2D eigenvalue weighted by Gasteiger charge is -2.18. The average molecular weight is 224 g/mol. The molecule has 0 aliphatic heterocycles. The number of aliphatic hydroxyl groups is 2. The largest absolute Gasteiger partial charge is 0.491 e. The van der Waals surface area contributed by atoms with E-state index in [1.807, 2.05) is 19.1 Å². The third-order valence-corrected chi connectivity index (χ3v) is 2.24. The van der Waals surface area contributed by atoms with E-state index in [-0.39, 0.29) is 6.61 Å². The van der Waals surface area contributed by atoms with Crippen LogP contribution in [-0.2, 0) is 0 Å². The Morgan fingerprint density at radius 1 is 1.25 bits per heavy atom. The van der Waals surface area contributed by atoms with E-state index in [1.54, 1.807) is 26.0 Å². The molecule has 0 heterocycles. The molecule has 16 heavy (non-hydrogen) atoms. The molecule has 1 aromatic rings. The van der Waals surface area contributed by atoms with Crippen LogP contribution in [0.15, 0.2) is 24.3 Å². The monoisotopic (exact) mass is 224 g/mol. The molecule has 0 saturated heterocycles. The Morgan fingerprint density at radius 2 is 1.81 bits per heavy atom. The summed E-state index contributed by atoms with van der Waals surface area (Å²) in [7, 11) is 0. The number of hydrogen-bond donors (Lipinski definition) is 2. The summed E-state index contributed by atoms with van der Waals surface area (Å²) in [5, 5.41) is 19.1. The van der Waals surface area contributed by atoms with Gasteiger partial charge in [-0.25, -0.2) is 0 Å². The average Bonchev–Trinajstić information content (AvgIpc) is 2.25. The number of rotatable bonds is 5. The Hall–Kier alpha value is -1.06. The molecule has 0 aliphatic rings. The Labute approximate surface area is 96.7 Å². The van der Waals surface area contributed by atoms with Gasteiger partial charge in [-0.1, -0.05) is 19.1 Å². The molecule has 1 atom stereocenters. The minimum atomic E-state index is -0.832. The first-order valence-corrected chi connectivity index (χ1v) is 5.55. The van der Waals surface area contributed by atoms with E-state index in [0.717, 1.165) is 5.56 Å². The zero-order valence-corrected chi connectivity index (χ0v) is 10.1. The molecule has 2 N–H and O–H groups in total. The highest BCUT2D eigenvalue weighted by atomic mass is 16.5. The SMILES string of the molecule is CC[C@H](O)c1ccc(OCC(C)(C)O)cc1. The molecule has 1 rings (SSSR count). The van der Waals surface area contributed by atoms with Gasteiger partial charge in [-0.2, -0.15) is 0 Å². The summed E-state index contributed by atoms with van der Waals surface area (Å²) in [6.07, 6.45) is 0.285. The molecule has 0 saturated carbocycles. The molecule has 0 unspecified atom stereocenters. The second kappa shape index (κ2) is 5.32. The highest BCUT2D eigenvalue weighted by Crippen LogP contribution is 2.20. The van der Waals surface area contributed by atoms with Crippen molar-refractivity contribution in [2.75, 3.05) is 6.61 Å². The smallest absolute Gasteiger partial charge is 0.119 e. The molecular formula is C13H20O3. The predicted octanol–water partition coefficient (Wildman–Crippen LogP) is 2.28. The van der Waals surface area contributed by atoms with Crippen LogP contribution >= 0.6 is 0 Å². The highest BCUT2D eigenvalue weighted by Gasteiger charge is 2.13. The minimum absolute atomic E-state index is 0.253. The van der Waals surface area contributed by atoms with Crippen molar-refractivity contribution in [1.29, 1.82) is 0 Å². The molecule has 3 nitrogen and oxygen atoms in total. The number of hydrogen-bond acceptors (Lipinski definition) is 3. The maximum Gasteiger partial charge on any atom is 0.119 e. The van der Waals surface area contributed by atoms with E-state index in [4.69, 9.17) is 4.74 Å². The van der Waals surface area contributed by atoms with E-state index in [1.165, 1.54) is 0 Å². The topological polar surface area (TPSA) is 49.7 Å². The number of benzene rings is 1. The summed E-state index contributed by atoms with van der Waals surface area (Å²) in [5.74, 6) is 0.703. The second-order valence-corrected chi connectivity index (χ2v) is 4.59. The Morgan fingerprint density at radius 3 is 2.25 bits per heavy atom. The van der Waals surface area contributed by atoms with Crippen molar-refractivity contribution < 1.29 is 14.9 Å². The molecule has 3 heteroatoms. The molecule has 0 spiro atoms. The van der Waals surface area contributed by atoms with Crippen molar-refractivity contribution in [1.82, 2.24) is 0 Å². The van der Waals surface area contributed by atoms with Crippen LogP contribution in [0, 0.1) is 0 Å². The van der Waals surface area contributed by atoms with Gasteiger partial charge in [0.1, 0.15) is 12.4 Å². The van der Waals surface area contributed by atoms with Gasteiger partial charge in [-0.3, -0.25) is 0 Å². The fourth-order valence-electron chi connectivity index (χ4n) is 1.28. The molecule has 0 fully saturated rings. The number of ether oxygens (including phenoxy) is 1. The minimum Gasteiger partial charge on any atom is -0.491 e. The van der Waals surface area contributed by atoms with Gasteiger partial charge in [0.2, 0.25) is 0 Å². The van der Waals surface area contributed by atoms with Crippen LogP contribution in [0.3, 0.4) is 0 Å². The van der Waals surface area contributed by atoms with E-state index in [2.05, 4.69) is 0 Å². The van der Waals surface area contributed by atoms with E-state index in [0.29, 0.717) is 12.2 Å². The predicted molar refractivity (Wildman–Crippen MR) is 63.5 cm³/mol. The quantitative estimate of drug-likeness (QED) is 0.806. The lowest BCUT2D eigenvalue weighted by molar-refractivity contribution is 0.0284. The van der Waals surface area contributed by atoms with Crippen LogP contribution in [0.1, 0.15) is 38.9 Å². The molecule has 0 radical (unpaired) electrons. The van der Waals surface area contributed by atoms with Crippen molar-refractivity contribution >= 4 is 0 Å². The first-order valence-electron chi connectivity index (χ1n) is 5.55. The first kappa shape index (κ1) is 13.0. The summed E-state index contributed by atoms with van der Waals surface area (Å²) < 4.78 is 5.41. The molecule has 90 valence electrons. The van der Waals surface area contributed by atoms with Crippen molar-refractivity contribution in [2.45, 2.75) is 38.9 Å². The highest BCUT2D eigenvalue weighted by molar-refractivity contribution is 5.28. The van der Waals surface area contributed by atoms with E-state index >= 15 is 0 Å². The van der Waals surface area contributed by atoms with Gasteiger partial charge < -0.3 is 14.9 Å². The van der Waals surface area contributed by atoms with Crippen molar-refractivity contribution in [2.24, 2.45) is 0 Å². The van der Waals surface area contributed by atoms with Gasteiger partial charge >= 0.3 is 0 Å². The fraction of sp³-hybridized carbons (Fsp3) is 0.538. The zero-order chi connectivity index (χ0) is 12.2. The summed E-state index contributed by atoms with van der Waals surface area (Å²) in [4.78, 5) is 0. The van der Waals surface area contributed by atoms with Gasteiger partial charge in [-0.15, -0.1) is 0 Å². The van der Waals surface area contributed by atoms with Crippen LogP contribution < -0.4 is 4.74 Å².